The van der Waals surface area contributed by atoms with E-state index in [1.165, 1.54) is 11.8 Å². The molecule has 0 aromatic carbocycles. The Labute approximate surface area is 131 Å². The lowest BCUT2D eigenvalue weighted by molar-refractivity contribution is -0.133. The van der Waals surface area contributed by atoms with Gasteiger partial charge >= 0.3 is 5.97 Å². The van der Waals surface area contributed by atoms with Gasteiger partial charge in [0.05, 0.1) is 22.9 Å². The number of rotatable bonds is 6. The minimum atomic E-state index is -0.880. The van der Waals surface area contributed by atoms with Crippen molar-refractivity contribution in [1.82, 2.24) is 15.2 Å². The molecule has 0 atom stereocenters. The summed E-state index contributed by atoms with van der Waals surface area (Å²) in [5.74, 6) is 6.34. The Morgan fingerprint density at radius 2 is 2.36 bits per heavy atom. The highest BCUT2D eigenvalue weighted by molar-refractivity contribution is 7.99. The van der Waals surface area contributed by atoms with Gasteiger partial charge in [-0.1, -0.05) is 0 Å². The normalized spacial score (nSPS) is 11.7. The van der Waals surface area contributed by atoms with Gasteiger partial charge in [-0.05, 0) is 19.1 Å². The summed E-state index contributed by atoms with van der Waals surface area (Å²) in [4.78, 5) is 14.6. The van der Waals surface area contributed by atoms with E-state index in [-0.39, 0.29) is 11.6 Å². The molecule has 0 amide bonds. The molecule has 8 nitrogen and oxygen atoms in total. The van der Waals surface area contributed by atoms with Crippen LogP contribution in [0.1, 0.15) is 11.5 Å². The van der Waals surface area contributed by atoms with E-state index in [0.717, 1.165) is 11.3 Å². The predicted octanol–water partition coefficient (Wildman–Crippen LogP) is 0.974. The minimum Gasteiger partial charge on any atom is -0.481 e. The lowest BCUT2D eigenvalue weighted by Crippen LogP contribution is -2.31. The number of furan rings is 1. The Morgan fingerprint density at radius 1 is 1.59 bits per heavy atom. The number of hydrazine groups is 1. The van der Waals surface area contributed by atoms with Gasteiger partial charge in [-0.2, -0.15) is 5.10 Å². The van der Waals surface area contributed by atoms with E-state index in [2.05, 4.69) is 15.5 Å². The smallest absolute Gasteiger partial charge is 0.313 e. The molecule has 0 aliphatic heterocycles. The molecule has 0 bridgehead atoms. The summed E-state index contributed by atoms with van der Waals surface area (Å²) < 4.78 is 7.46. The van der Waals surface area contributed by atoms with Gasteiger partial charge in [-0.15, -0.1) is 11.8 Å². The van der Waals surface area contributed by atoms with Gasteiger partial charge in [-0.3, -0.25) is 14.5 Å². The second-order valence-electron chi connectivity index (χ2n) is 4.49. The van der Waals surface area contributed by atoms with Gasteiger partial charge in [0.15, 0.2) is 11.6 Å². The minimum absolute atomic E-state index is 0.0143. The molecule has 0 saturated carbocycles. The summed E-state index contributed by atoms with van der Waals surface area (Å²) in [6.07, 6.45) is 1.87. The Balaban J connectivity index is 2.13. The highest BCUT2D eigenvalue weighted by Crippen LogP contribution is 2.24. The number of carboxylic acids is 1. The zero-order valence-corrected chi connectivity index (χ0v) is 13.1. The van der Waals surface area contributed by atoms with Crippen molar-refractivity contribution in [2.75, 3.05) is 11.6 Å². The Bertz CT molecular complexity index is 692. The monoisotopic (exact) mass is 323 g/mol. The van der Waals surface area contributed by atoms with E-state index < -0.39 is 5.97 Å². The fourth-order valence-corrected chi connectivity index (χ4v) is 2.38. The van der Waals surface area contributed by atoms with Crippen molar-refractivity contribution in [3.05, 3.63) is 29.8 Å². The number of aryl methyl sites for hydroxylation is 2. The van der Waals surface area contributed by atoms with Crippen LogP contribution >= 0.6 is 11.8 Å². The number of carbonyl (C=O) groups is 1. The molecular weight excluding hydrogens is 306 g/mol. The molecule has 0 spiro atoms. The summed E-state index contributed by atoms with van der Waals surface area (Å²) in [5.41, 5.74) is 4.22. The van der Waals surface area contributed by atoms with Crippen molar-refractivity contribution in [1.29, 1.82) is 0 Å². The number of aliphatic carboxylic acids is 1. The van der Waals surface area contributed by atoms with Crippen molar-refractivity contribution in [2.24, 2.45) is 17.9 Å². The molecule has 0 aliphatic rings. The molecule has 0 fully saturated rings. The zero-order chi connectivity index (χ0) is 16.1. The fourth-order valence-electron chi connectivity index (χ4n) is 1.89. The van der Waals surface area contributed by atoms with Crippen molar-refractivity contribution in [2.45, 2.75) is 6.92 Å². The second kappa shape index (κ2) is 7.14. The van der Waals surface area contributed by atoms with Crippen molar-refractivity contribution in [3.63, 3.8) is 0 Å². The van der Waals surface area contributed by atoms with Crippen LogP contribution in [0, 0.1) is 6.92 Å². The number of carboxylic acid groups (broad SMARTS) is 1. The lowest BCUT2D eigenvalue weighted by Gasteiger charge is -2.02. The molecule has 0 radical (unpaired) electrons. The van der Waals surface area contributed by atoms with E-state index in [9.17, 15) is 4.79 Å². The number of nitrogens with one attached hydrogen (secondary N) is 1. The van der Waals surface area contributed by atoms with E-state index in [0.29, 0.717) is 17.4 Å². The molecule has 22 heavy (non-hydrogen) atoms. The van der Waals surface area contributed by atoms with Crippen LogP contribution in [-0.4, -0.2) is 38.3 Å². The van der Waals surface area contributed by atoms with Crippen molar-refractivity contribution < 1.29 is 14.3 Å². The summed E-state index contributed by atoms with van der Waals surface area (Å²) in [6, 6.07) is 3.57. The quantitative estimate of drug-likeness (QED) is 0.238. The van der Waals surface area contributed by atoms with Crippen LogP contribution in [0.4, 0.5) is 0 Å². The van der Waals surface area contributed by atoms with Crippen LogP contribution in [0.2, 0.25) is 0 Å². The molecule has 4 N–H and O–H groups in total. The zero-order valence-electron chi connectivity index (χ0n) is 12.2. The van der Waals surface area contributed by atoms with E-state index in [1.54, 1.807) is 10.7 Å². The largest absolute Gasteiger partial charge is 0.481 e. The molecule has 2 aromatic rings. The van der Waals surface area contributed by atoms with Crippen LogP contribution in [0.25, 0.3) is 11.3 Å². The molecule has 9 heteroatoms. The summed E-state index contributed by atoms with van der Waals surface area (Å²) in [6.45, 7) is 1.90. The third kappa shape index (κ3) is 3.89. The number of nitrogens with two attached hydrogens (primary N) is 1. The highest BCUT2D eigenvalue weighted by atomic mass is 32.2. The number of amidine groups is 1. The Morgan fingerprint density at radius 3 is 2.95 bits per heavy atom. The molecule has 2 heterocycles. The van der Waals surface area contributed by atoms with Gasteiger partial charge in [0.2, 0.25) is 0 Å². The SMILES string of the molecule is Cc1nn(C)cc1-c1ccc(C(=NCSCC(=O)O)NN)o1. The maximum absolute atomic E-state index is 10.4. The summed E-state index contributed by atoms with van der Waals surface area (Å²) in [5, 5.41) is 12.8. The standard InChI is InChI=1S/C13H17N5O3S/c1-8-9(5-18(2)17-8)10-3-4-11(21-10)13(16-14)15-7-22-6-12(19)20/h3-5H,6-7,14H2,1-2H3,(H,15,16)(H,19,20). The summed E-state index contributed by atoms with van der Waals surface area (Å²) in [7, 11) is 1.84. The number of nitrogens with zero attached hydrogens (tertiary/aromatic N) is 3. The van der Waals surface area contributed by atoms with E-state index in [1.807, 2.05) is 26.2 Å². The summed E-state index contributed by atoms with van der Waals surface area (Å²) >= 11 is 1.17. The Kier molecular flexibility index (Phi) is 5.23. The van der Waals surface area contributed by atoms with Gasteiger partial charge in [-0.25, -0.2) is 5.84 Å². The van der Waals surface area contributed by atoms with E-state index in [4.69, 9.17) is 15.4 Å². The van der Waals surface area contributed by atoms with Crippen LogP contribution < -0.4 is 11.3 Å². The highest BCUT2D eigenvalue weighted by Gasteiger charge is 2.13. The van der Waals surface area contributed by atoms with Crippen LogP contribution in [0.3, 0.4) is 0 Å². The molecule has 0 unspecified atom stereocenters. The number of hydrogen-bond donors (Lipinski definition) is 3. The lowest BCUT2D eigenvalue weighted by atomic mass is 10.2. The van der Waals surface area contributed by atoms with Crippen molar-refractivity contribution in [3.8, 4) is 11.3 Å². The average Bonchev–Trinajstić information content (AvgIpc) is 3.05. The third-order valence-corrected chi connectivity index (χ3v) is 3.56. The first-order valence-corrected chi connectivity index (χ1v) is 7.58. The number of aromatic nitrogens is 2. The third-order valence-electron chi connectivity index (χ3n) is 2.79. The molecule has 0 saturated heterocycles. The van der Waals surface area contributed by atoms with Crippen LogP contribution in [0.5, 0.6) is 0 Å². The van der Waals surface area contributed by atoms with Gasteiger partial charge in [0.1, 0.15) is 5.76 Å². The van der Waals surface area contributed by atoms with E-state index >= 15 is 0 Å². The first kappa shape index (κ1) is 16.1. The first-order valence-electron chi connectivity index (χ1n) is 6.42. The number of thioether (sulfide) groups is 1. The maximum Gasteiger partial charge on any atom is 0.313 e. The molecular formula is C13H17N5O3S. The van der Waals surface area contributed by atoms with Crippen molar-refractivity contribution >= 4 is 23.6 Å². The number of hydrogen-bond acceptors (Lipinski definition) is 6. The first-order chi connectivity index (χ1) is 10.5. The predicted molar refractivity (Wildman–Crippen MR) is 84.5 cm³/mol. The fraction of sp³-hybridized carbons (Fsp3) is 0.308. The average molecular weight is 323 g/mol. The molecule has 0 aliphatic carbocycles. The number of aliphatic imine (C=N–C) groups is 1. The second-order valence-corrected chi connectivity index (χ2v) is 5.44. The maximum atomic E-state index is 10.4. The van der Waals surface area contributed by atoms with Crippen LogP contribution in [0.15, 0.2) is 27.7 Å². The van der Waals surface area contributed by atoms with Gasteiger partial charge in [0.25, 0.3) is 0 Å². The van der Waals surface area contributed by atoms with Gasteiger partial charge in [0, 0.05) is 13.2 Å². The molecule has 2 aromatic heterocycles. The molecule has 118 valence electrons. The molecule has 2 rings (SSSR count). The Hall–Kier alpha value is -2.26. The van der Waals surface area contributed by atoms with Gasteiger partial charge < -0.3 is 14.9 Å². The van der Waals surface area contributed by atoms with Crippen LogP contribution in [-0.2, 0) is 11.8 Å². The topological polar surface area (TPSA) is 119 Å².